The summed E-state index contributed by atoms with van der Waals surface area (Å²) < 4.78 is 33.0. The molecule has 1 atom stereocenters. The summed E-state index contributed by atoms with van der Waals surface area (Å²) in [6.07, 6.45) is 1.34. The second kappa shape index (κ2) is 15.2. The Hall–Kier alpha value is -4.63. The number of aryl methyl sites for hydroxylation is 1. The molecule has 4 aromatic carbocycles. The van der Waals surface area contributed by atoms with Crippen LogP contribution in [-0.4, -0.2) is 50.5 Å². The van der Waals surface area contributed by atoms with Gasteiger partial charge in [-0.05, 0) is 54.8 Å². The summed E-state index contributed by atoms with van der Waals surface area (Å²) in [7, 11) is -3.86. The molecule has 0 radical (unpaired) electrons. The third-order valence-electron chi connectivity index (χ3n) is 7.15. The minimum absolute atomic E-state index is 0.137. The van der Waals surface area contributed by atoms with Gasteiger partial charge in [0.05, 0.1) is 11.9 Å². The molecule has 1 N–H and O–H groups in total. The Morgan fingerprint density at radius 3 is 1.95 bits per heavy atom. The van der Waals surface area contributed by atoms with Gasteiger partial charge in [-0.15, -0.1) is 0 Å². The number of likely N-dealkylation sites (N-methyl/N-ethyl adjacent to an activating group) is 1. The number of carbonyl (C=O) groups is 2. The highest BCUT2D eigenvalue weighted by Crippen LogP contribution is 2.24. The number of benzene rings is 4. The lowest BCUT2D eigenvalue weighted by molar-refractivity contribution is -0.140. The first kappa shape index (κ1) is 32.3. The lowest BCUT2D eigenvalue weighted by Gasteiger charge is -2.33. The molecule has 44 heavy (non-hydrogen) atoms. The summed E-state index contributed by atoms with van der Waals surface area (Å²) >= 11 is 0. The molecule has 4 aromatic rings. The maximum Gasteiger partial charge on any atom is 0.244 e. The van der Waals surface area contributed by atoms with E-state index in [4.69, 9.17) is 4.74 Å². The van der Waals surface area contributed by atoms with Crippen LogP contribution in [0, 0.1) is 6.92 Å². The summed E-state index contributed by atoms with van der Waals surface area (Å²) in [5.41, 5.74) is 4.11. The molecule has 0 aliphatic rings. The topological polar surface area (TPSA) is 96.0 Å². The van der Waals surface area contributed by atoms with E-state index < -0.39 is 28.5 Å². The molecule has 0 bridgehead atoms. The van der Waals surface area contributed by atoms with Gasteiger partial charge in [-0.3, -0.25) is 13.9 Å². The van der Waals surface area contributed by atoms with Crippen molar-refractivity contribution in [1.29, 1.82) is 0 Å². The number of carbonyl (C=O) groups excluding carboxylic acids is 2. The third-order valence-corrected chi connectivity index (χ3v) is 8.29. The molecular formula is C35H39N3O5S. The van der Waals surface area contributed by atoms with Crippen molar-refractivity contribution in [2.45, 2.75) is 39.5 Å². The summed E-state index contributed by atoms with van der Waals surface area (Å²) in [4.78, 5) is 29.1. The smallest absolute Gasteiger partial charge is 0.244 e. The Labute approximate surface area is 260 Å². The highest BCUT2D eigenvalue weighted by molar-refractivity contribution is 7.92. The van der Waals surface area contributed by atoms with Crippen molar-refractivity contribution in [3.63, 3.8) is 0 Å². The molecule has 1 unspecified atom stereocenters. The molecule has 230 valence electrons. The number of ether oxygens (including phenoxy) is 1. The molecule has 0 heterocycles. The zero-order valence-corrected chi connectivity index (χ0v) is 26.2. The molecule has 8 nitrogen and oxygen atoms in total. The fourth-order valence-corrected chi connectivity index (χ4v) is 5.65. The van der Waals surface area contributed by atoms with Crippen LogP contribution in [0.2, 0.25) is 0 Å². The van der Waals surface area contributed by atoms with E-state index in [1.165, 1.54) is 4.90 Å². The first-order valence-corrected chi connectivity index (χ1v) is 16.4. The number of amides is 2. The molecule has 9 heteroatoms. The number of rotatable bonds is 14. The first-order valence-electron chi connectivity index (χ1n) is 14.5. The molecular weight excluding hydrogens is 574 g/mol. The van der Waals surface area contributed by atoms with Crippen LogP contribution in [0.5, 0.6) is 5.75 Å². The van der Waals surface area contributed by atoms with E-state index >= 15 is 0 Å². The van der Waals surface area contributed by atoms with Crippen LogP contribution in [-0.2, 0) is 39.2 Å². The van der Waals surface area contributed by atoms with Crippen molar-refractivity contribution in [3.05, 3.63) is 131 Å². The predicted octanol–water partition coefficient (Wildman–Crippen LogP) is 5.12. The molecule has 0 fully saturated rings. The molecule has 4 rings (SSSR count). The Kier molecular flexibility index (Phi) is 11.2. The average molecular weight is 614 g/mol. The van der Waals surface area contributed by atoms with Crippen molar-refractivity contribution < 1.29 is 22.7 Å². The quantitative estimate of drug-likeness (QED) is 0.213. The van der Waals surface area contributed by atoms with Crippen molar-refractivity contribution >= 4 is 27.5 Å². The van der Waals surface area contributed by atoms with Gasteiger partial charge >= 0.3 is 0 Å². The van der Waals surface area contributed by atoms with Crippen LogP contribution in [0.15, 0.2) is 109 Å². The number of anilines is 1. The van der Waals surface area contributed by atoms with Gasteiger partial charge in [0.25, 0.3) is 0 Å². The zero-order valence-electron chi connectivity index (χ0n) is 25.3. The molecule has 0 aromatic heterocycles. The predicted molar refractivity (Wildman–Crippen MR) is 174 cm³/mol. The van der Waals surface area contributed by atoms with Gasteiger partial charge in [0.2, 0.25) is 21.8 Å². The van der Waals surface area contributed by atoms with E-state index in [9.17, 15) is 18.0 Å². The zero-order chi connectivity index (χ0) is 31.5. The summed E-state index contributed by atoms with van der Waals surface area (Å²) in [6, 6.07) is 32.6. The highest BCUT2D eigenvalue weighted by atomic mass is 32.2. The fraction of sp³-hybridized carbons (Fsp3) is 0.257. The lowest BCUT2D eigenvalue weighted by atomic mass is 10.0. The molecule has 0 aliphatic carbocycles. The number of nitrogens with zero attached hydrogens (tertiary/aromatic N) is 2. The molecule has 2 amide bonds. The highest BCUT2D eigenvalue weighted by Gasteiger charge is 2.32. The minimum Gasteiger partial charge on any atom is -0.489 e. The lowest BCUT2D eigenvalue weighted by Crippen LogP contribution is -2.53. The van der Waals surface area contributed by atoms with Crippen LogP contribution < -0.4 is 14.4 Å². The largest absolute Gasteiger partial charge is 0.489 e. The van der Waals surface area contributed by atoms with Gasteiger partial charge in [-0.2, -0.15) is 0 Å². The van der Waals surface area contributed by atoms with Gasteiger partial charge in [0, 0.05) is 19.5 Å². The number of sulfonamides is 1. The van der Waals surface area contributed by atoms with E-state index in [2.05, 4.69) is 5.32 Å². The van der Waals surface area contributed by atoms with E-state index in [0.717, 1.165) is 32.8 Å². The standard InChI is InChI=1S/C35H39N3O5S/c1-4-36-35(40)33(23-28-11-7-5-8-12-28)37(24-29-17-15-27(2)16-18-29)34(39)25-38(44(3,41)42)31-19-21-32(22-20-31)43-26-30-13-9-6-10-14-30/h5-22,33H,4,23-26H2,1-3H3,(H,36,40). The molecule has 0 saturated heterocycles. The average Bonchev–Trinajstić information content (AvgIpc) is 3.02. The monoisotopic (exact) mass is 613 g/mol. The Morgan fingerprint density at radius 2 is 1.39 bits per heavy atom. The first-order chi connectivity index (χ1) is 21.1. The van der Waals surface area contributed by atoms with Crippen LogP contribution in [0.1, 0.15) is 29.2 Å². The van der Waals surface area contributed by atoms with E-state index in [-0.39, 0.29) is 18.9 Å². The van der Waals surface area contributed by atoms with Gasteiger partial charge in [-0.25, -0.2) is 8.42 Å². The van der Waals surface area contributed by atoms with Crippen LogP contribution in [0.4, 0.5) is 5.69 Å². The van der Waals surface area contributed by atoms with Crippen LogP contribution in [0.25, 0.3) is 0 Å². The van der Waals surface area contributed by atoms with Crippen molar-refractivity contribution in [2.75, 3.05) is 23.7 Å². The SMILES string of the molecule is CCNC(=O)C(Cc1ccccc1)N(Cc1ccc(C)cc1)C(=O)CN(c1ccc(OCc2ccccc2)cc1)S(C)(=O)=O. The van der Waals surface area contributed by atoms with Crippen LogP contribution in [0.3, 0.4) is 0 Å². The van der Waals surface area contributed by atoms with E-state index in [1.807, 2.05) is 98.8 Å². The normalized spacial score (nSPS) is 11.8. The van der Waals surface area contributed by atoms with Crippen molar-refractivity contribution in [2.24, 2.45) is 0 Å². The maximum atomic E-state index is 14.1. The molecule has 0 saturated carbocycles. The summed E-state index contributed by atoms with van der Waals surface area (Å²) in [6.45, 7) is 4.22. The third kappa shape index (κ3) is 9.18. The Morgan fingerprint density at radius 1 is 0.795 bits per heavy atom. The van der Waals surface area contributed by atoms with Gasteiger partial charge < -0.3 is 15.0 Å². The van der Waals surface area contributed by atoms with Crippen molar-refractivity contribution in [3.8, 4) is 5.75 Å². The number of hydrogen-bond acceptors (Lipinski definition) is 5. The maximum absolute atomic E-state index is 14.1. The number of nitrogens with one attached hydrogen (secondary N) is 1. The molecule has 0 aliphatic heterocycles. The van der Waals surface area contributed by atoms with E-state index in [0.29, 0.717) is 24.6 Å². The minimum atomic E-state index is -3.86. The summed E-state index contributed by atoms with van der Waals surface area (Å²) in [5, 5.41) is 2.86. The Bertz CT molecular complexity index is 1610. The van der Waals surface area contributed by atoms with Crippen LogP contribution >= 0.6 is 0 Å². The summed E-state index contributed by atoms with van der Waals surface area (Å²) in [5.74, 6) is -0.229. The second-order valence-electron chi connectivity index (χ2n) is 10.6. The van der Waals surface area contributed by atoms with Gasteiger partial charge in [-0.1, -0.05) is 90.5 Å². The van der Waals surface area contributed by atoms with E-state index in [1.54, 1.807) is 24.3 Å². The second-order valence-corrected chi connectivity index (χ2v) is 12.6. The van der Waals surface area contributed by atoms with Gasteiger partial charge in [0.15, 0.2) is 0 Å². The molecule has 0 spiro atoms. The number of hydrogen-bond donors (Lipinski definition) is 1. The van der Waals surface area contributed by atoms with Gasteiger partial charge in [0.1, 0.15) is 24.9 Å². The Balaban J connectivity index is 1.62. The fourth-order valence-electron chi connectivity index (χ4n) is 4.80. The van der Waals surface area contributed by atoms with Crippen molar-refractivity contribution in [1.82, 2.24) is 10.2 Å².